The van der Waals surface area contributed by atoms with E-state index >= 15 is 0 Å². The summed E-state index contributed by atoms with van der Waals surface area (Å²) in [7, 11) is -3.60. The highest BCUT2D eigenvalue weighted by molar-refractivity contribution is 7.99. The molecule has 0 aliphatic rings. The fourth-order valence-electron chi connectivity index (χ4n) is 1.57. The first-order chi connectivity index (χ1) is 9.59. The minimum atomic E-state index is -3.60. The Morgan fingerprint density at radius 2 is 1.90 bits per heavy atom. The van der Waals surface area contributed by atoms with Gasteiger partial charge in [0.15, 0.2) is 0 Å². The molecule has 20 heavy (non-hydrogen) atoms. The first kappa shape index (κ1) is 14.8. The Morgan fingerprint density at radius 1 is 1.15 bits per heavy atom. The van der Waals surface area contributed by atoms with Gasteiger partial charge < -0.3 is 5.73 Å². The third kappa shape index (κ3) is 3.96. The average Bonchev–Trinajstić information content (AvgIpc) is 2.45. The predicted molar refractivity (Wildman–Crippen MR) is 81.0 cm³/mol. The van der Waals surface area contributed by atoms with Gasteiger partial charge in [0.1, 0.15) is 10.7 Å². The van der Waals surface area contributed by atoms with Crippen LogP contribution in [-0.4, -0.2) is 25.7 Å². The van der Waals surface area contributed by atoms with E-state index in [-0.39, 0.29) is 10.7 Å². The molecule has 0 aliphatic carbocycles. The largest absolute Gasteiger partial charge is 0.383 e. The molecule has 0 bridgehead atoms. The Labute approximate surface area is 122 Å². The van der Waals surface area contributed by atoms with Crippen molar-refractivity contribution in [1.29, 1.82) is 0 Å². The Bertz CT molecular complexity index is 660. The van der Waals surface area contributed by atoms with Gasteiger partial charge in [-0.3, -0.25) is 0 Å². The number of nitrogens with two attached hydrogens (primary N) is 1. The van der Waals surface area contributed by atoms with Crippen molar-refractivity contribution in [2.24, 2.45) is 0 Å². The Balaban J connectivity index is 1.89. The van der Waals surface area contributed by atoms with Gasteiger partial charge in [0.05, 0.1) is 0 Å². The SMILES string of the molecule is Nc1ncccc1S(=O)(=O)NCCSc1ccccc1. The monoisotopic (exact) mass is 309 g/mol. The molecule has 5 nitrogen and oxygen atoms in total. The fraction of sp³-hybridized carbons (Fsp3) is 0.154. The van der Waals surface area contributed by atoms with E-state index in [1.807, 2.05) is 30.3 Å². The van der Waals surface area contributed by atoms with E-state index in [0.29, 0.717) is 12.3 Å². The first-order valence-electron chi connectivity index (χ1n) is 5.97. The van der Waals surface area contributed by atoms with Crippen LogP contribution in [0.15, 0.2) is 58.5 Å². The summed E-state index contributed by atoms with van der Waals surface area (Å²) in [6, 6.07) is 12.8. The maximum Gasteiger partial charge on any atom is 0.244 e. The highest BCUT2D eigenvalue weighted by atomic mass is 32.2. The Morgan fingerprint density at radius 3 is 2.60 bits per heavy atom. The number of sulfonamides is 1. The Kier molecular flexibility index (Phi) is 4.99. The molecule has 0 saturated carbocycles. The molecule has 106 valence electrons. The maximum atomic E-state index is 12.0. The van der Waals surface area contributed by atoms with Crippen molar-refractivity contribution in [3.8, 4) is 0 Å². The van der Waals surface area contributed by atoms with Gasteiger partial charge in [0.2, 0.25) is 10.0 Å². The van der Waals surface area contributed by atoms with Gasteiger partial charge in [-0.15, -0.1) is 11.8 Å². The zero-order chi connectivity index (χ0) is 14.4. The molecule has 0 radical (unpaired) electrons. The third-order valence-electron chi connectivity index (χ3n) is 2.50. The molecule has 0 unspecified atom stereocenters. The van der Waals surface area contributed by atoms with Gasteiger partial charge in [-0.25, -0.2) is 18.1 Å². The zero-order valence-corrected chi connectivity index (χ0v) is 12.3. The summed E-state index contributed by atoms with van der Waals surface area (Å²) >= 11 is 1.59. The second-order valence-electron chi connectivity index (χ2n) is 3.95. The van der Waals surface area contributed by atoms with E-state index in [1.165, 1.54) is 12.3 Å². The van der Waals surface area contributed by atoms with Crippen LogP contribution in [0.4, 0.5) is 5.82 Å². The lowest BCUT2D eigenvalue weighted by Crippen LogP contribution is -2.27. The fourth-order valence-corrected chi connectivity index (χ4v) is 3.60. The van der Waals surface area contributed by atoms with Gasteiger partial charge in [0.25, 0.3) is 0 Å². The Hall–Kier alpha value is -1.57. The summed E-state index contributed by atoms with van der Waals surface area (Å²) in [5.74, 6) is 0.652. The van der Waals surface area contributed by atoms with Gasteiger partial charge in [-0.1, -0.05) is 18.2 Å². The van der Waals surface area contributed by atoms with Crippen LogP contribution in [-0.2, 0) is 10.0 Å². The number of hydrogen-bond donors (Lipinski definition) is 2. The number of pyridine rings is 1. The van der Waals surface area contributed by atoms with Crippen LogP contribution in [0.2, 0.25) is 0 Å². The van der Waals surface area contributed by atoms with Crippen molar-refractivity contribution in [2.45, 2.75) is 9.79 Å². The van der Waals surface area contributed by atoms with Crippen molar-refractivity contribution < 1.29 is 8.42 Å². The second-order valence-corrected chi connectivity index (χ2v) is 6.85. The lowest BCUT2D eigenvalue weighted by Gasteiger charge is -2.08. The van der Waals surface area contributed by atoms with Crippen LogP contribution in [0, 0.1) is 0 Å². The minimum absolute atomic E-state index is 0.00992. The van der Waals surface area contributed by atoms with E-state index in [1.54, 1.807) is 17.8 Å². The molecule has 0 atom stereocenters. The molecule has 0 saturated heterocycles. The van der Waals surface area contributed by atoms with Crippen LogP contribution >= 0.6 is 11.8 Å². The first-order valence-corrected chi connectivity index (χ1v) is 8.44. The molecular formula is C13H15N3O2S2. The number of nitrogens with zero attached hydrogens (tertiary/aromatic N) is 1. The number of nitrogens with one attached hydrogen (secondary N) is 1. The number of rotatable bonds is 6. The molecule has 1 aromatic heterocycles. The van der Waals surface area contributed by atoms with Crippen LogP contribution in [0.1, 0.15) is 0 Å². The summed E-state index contributed by atoms with van der Waals surface area (Å²) in [5.41, 5.74) is 5.57. The molecule has 1 heterocycles. The van der Waals surface area contributed by atoms with E-state index in [2.05, 4.69) is 9.71 Å². The quantitative estimate of drug-likeness (QED) is 0.627. The summed E-state index contributed by atoms with van der Waals surface area (Å²) in [6.45, 7) is 0.330. The lowest BCUT2D eigenvalue weighted by atomic mass is 10.4. The van der Waals surface area contributed by atoms with E-state index in [0.717, 1.165) is 4.90 Å². The van der Waals surface area contributed by atoms with Gasteiger partial charge in [-0.2, -0.15) is 0 Å². The molecule has 0 amide bonds. The zero-order valence-electron chi connectivity index (χ0n) is 10.7. The number of nitrogen functional groups attached to an aromatic ring is 1. The maximum absolute atomic E-state index is 12.0. The highest BCUT2D eigenvalue weighted by Gasteiger charge is 2.16. The van der Waals surface area contributed by atoms with Crippen LogP contribution in [0.5, 0.6) is 0 Å². The molecule has 0 fully saturated rings. The lowest BCUT2D eigenvalue weighted by molar-refractivity contribution is 0.584. The number of hydrogen-bond acceptors (Lipinski definition) is 5. The summed E-state index contributed by atoms with van der Waals surface area (Å²) in [6.07, 6.45) is 1.46. The number of benzene rings is 1. The summed E-state index contributed by atoms with van der Waals surface area (Å²) < 4.78 is 26.6. The second kappa shape index (κ2) is 6.74. The molecular weight excluding hydrogens is 294 g/mol. The van der Waals surface area contributed by atoms with Crippen LogP contribution < -0.4 is 10.5 Å². The smallest absolute Gasteiger partial charge is 0.244 e. The molecule has 2 aromatic rings. The van der Waals surface area contributed by atoms with Gasteiger partial charge in [-0.05, 0) is 24.3 Å². The third-order valence-corrected chi connectivity index (χ3v) is 5.02. The average molecular weight is 309 g/mol. The summed E-state index contributed by atoms with van der Waals surface area (Å²) in [5, 5.41) is 0. The molecule has 7 heteroatoms. The van der Waals surface area contributed by atoms with Gasteiger partial charge >= 0.3 is 0 Å². The molecule has 2 rings (SSSR count). The molecule has 3 N–H and O–H groups in total. The normalized spacial score (nSPS) is 11.4. The minimum Gasteiger partial charge on any atom is -0.383 e. The predicted octanol–water partition coefficient (Wildman–Crippen LogP) is 1.73. The van der Waals surface area contributed by atoms with Crippen molar-refractivity contribution in [2.75, 3.05) is 18.0 Å². The van der Waals surface area contributed by atoms with Crippen molar-refractivity contribution >= 4 is 27.6 Å². The standard InChI is InChI=1S/C13H15N3O2S2/c14-13-12(7-4-8-15-13)20(17,18)16-9-10-19-11-5-2-1-3-6-11/h1-8,16H,9-10H2,(H2,14,15). The van der Waals surface area contributed by atoms with Gasteiger partial charge in [0, 0.05) is 23.4 Å². The van der Waals surface area contributed by atoms with E-state index in [4.69, 9.17) is 5.73 Å². The number of aromatic nitrogens is 1. The van der Waals surface area contributed by atoms with Crippen LogP contribution in [0.3, 0.4) is 0 Å². The summed E-state index contributed by atoms with van der Waals surface area (Å²) in [4.78, 5) is 4.90. The highest BCUT2D eigenvalue weighted by Crippen LogP contribution is 2.17. The molecule has 0 aliphatic heterocycles. The van der Waals surface area contributed by atoms with E-state index in [9.17, 15) is 8.42 Å². The van der Waals surface area contributed by atoms with E-state index < -0.39 is 10.0 Å². The van der Waals surface area contributed by atoms with Crippen molar-refractivity contribution in [1.82, 2.24) is 9.71 Å². The number of thioether (sulfide) groups is 1. The van der Waals surface area contributed by atoms with Crippen molar-refractivity contribution in [3.05, 3.63) is 48.7 Å². The molecule has 0 spiro atoms. The number of anilines is 1. The van der Waals surface area contributed by atoms with Crippen molar-refractivity contribution in [3.63, 3.8) is 0 Å². The molecule has 1 aromatic carbocycles. The topological polar surface area (TPSA) is 85.1 Å². The van der Waals surface area contributed by atoms with Crippen LogP contribution in [0.25, 0.3) is 0 Å².